The van der Waals surface area contributed by atoms with Gasteiger partial charge in [-0.2, -0.15) is 0 Å². The number of alkyl halides is 1. The number of fused-ring (bicyclic) bond motifs is 1. The lowest BCUT2D eigenvalue weighted by molar-refractivity contribution is -0.118. The number of rotatable bonds is 7. The SMILES string of the molecule is CCOc1cccc2c1nc(C(C)Cl)n2CCCC(N)=O. The Kier molecular flexibility index (Phi) is 5.07. The first kappa shape index (κ1) is 15.6. The third-order valence-corrected chi connectivity index (χ3v) is 3.43. The second kappa shape index (κ2) is 6.80. The highest BCUT2D eigenvalue weighted by atomic mass is 35.5. The van der Waals surface area contributed by atoms with Crippen LogP contribution in [-0.4, -0.2) is 22.1 Å². The van der Waals surface area contributed by atoms with Crippen molar-refractivity contribution in [2.45, 2.75) is 38.6 Å². The number of amides is 1. The average molecular weight is 310 g/mol. The summed E-state index contributed by atoms with van der Waals surface area (Å²) in [5, 5.41) is -0.222. The highest BCUT2D eigenvalue weighted by Crippen LogP contribution is 2.30. The Morgan fingerprint density at radius 1 is 1.52 bits per heavy atom. The molecule has 1 unspecified atom stereocenters. The number of carbonyl (C=O) groups is 1. The minimum absolute atomic E-state index is 0.222. The lowest BCUT2D eigenvalue weighted by Crippen LogP contribution is -2.12. The van der Waals surface area contributed by atoms with Gasteiger partial charge in [0.25, 0.3) is 0 Å². The van der Waals surface area contributed by atoms with E-state index >= 15 is 0 Å². The number of carbonyl (C=O) groups excluding carboxylic acids is 1. The number of halogens is 1. The number of benzene rings is 1. The van der Waals surface area contributed by atoms with Gasteiger partial charge in [0, 0.05) is 13.0 Å². The average Bonchev–Trinajstić information content (AvgIpc) is 2.79. The van der Waals surface area contributed by atoms with Crippen molar-refractivity contribution in [2.24, 2.45) is 5.73 Å². The van der Waals surface area contributed by atoms with Crippen molar-refractivity contribution < 1.29 is 9.53 Å². The van der Waals surface area contributed by atoms with Crippen molar-refractivity contribution >= 4 is 28.5 Å². The zero-order chi connectivity index (χ0) is 15.4. The molecule has 0 fully saturated rings. The molecule has 1 aromatic carbocycles. The van der Waals surface area contributed by atoms with Crippen molar-refractivity contribution in [1.29, 1.82) is 0 Å². The van der Waals surface area contributed by atoms with Crippen LogP contribution in [0.5, 0.6) is 5.75 Å². The first-order valence-corrected chi connectivity index (χ1v) is 7.52. The maximum atomic E-state index is 10.9. The van der Waals surface area contributed by atoms with E-state index in [-0.39, 0.29) is 11.3 Å². The summed E-state index contributed by atoms with van der Waals surface area (Å²) >= 11 is 6.23. The minimum atomic E-state index is -0.296. The Bertz CT molecular complexity index is 637. The van der Waals surface area contributed by atoms with E-state index < -0.39 is 0 Å². The molecule has 0 aliphatic carbocycles. The van der Waals surface area contributed by atoms with E-state index in [2.05, 4.69) is 4.98 Å². The Labute approximate surface area is 129 Å². The van der Waals surface area contributed by atoms with Gasteiger partial charge in [0.1, 0.15) is 17.1 Å². The lowest BCUT2D eigenvalue weighted by Gasteiger charge is -2.10. The molecule has 5 nitrogen and oxygen atoms in total. The number of hydrogen-bond donors (Lipinski definition) is 1. The Morgan fingerprint density at radius 3 is 2.90 bits per heavy atom. The van der Waals surface area contributed by atoms with Gasteiger partial charge in [-0.25, -0.2) is 4.98 Å². The molecule has 1 amide bonds. The molecule has 2 N–H and O–H groups in total. The summed E-state index contributed by atoms with van der Waals surface area (Å²) in [6.07, 6.45) is 1.01. The van der Waals surface area contributed by atoms with Gasteiger partial charge in [-0.15, -0.1) is 11.6 Å². The molecule has 0 bridgehead atoms. The molecule has 0 spiro atoms. The maximum absolute atomic E-state index is 10.9. The first-order chi connectivity index (χ1) is 10.0. The Balaban J connectivity index is 2.42. The smallest absolute Gasteiger partial charge is 0.217 e. The Morgan fingerprint density at radius 2 is 2.29 bits per heavy atom. The number of ether oxygens (including phenoxy) is 1. The van der Waals surface area contributed by atoms with Crippen LogP contribution in [0.15, 0.2) is 18.2 Å². The van der Waals surface area contributed by atoms with Crippen LogP contribution in [0.3, 0.4) is 0 Å². The van der Waals surface area contributed by atoms with E-state index in [0.29, 0.717) is 26.0 Å². The fourth-order valence-electron chi connectivity index (χ4n) is 2.36. The summed E-state index contributed by atoms with van der Waals surface area (Å²) in [6.45, 7) is 5.06. The molecule has 0 aliphatic rings. The van der Waals surface area contributed by atoms with Gasteiger partial charge in [0.15, 0.2) is 0 Å². The van der Waals surface area contributed by atoms with Crippen LogP contribution < -0.4 is 10.5 Å². The number of nitrogens with zero attached hydrogens (tertiary/aromatic N) is 2. The molecule has 0 aliphatic heterocycles. The number of aromatic nitrogens is 2. The van der Waals surface area contributed by atoms with Crippen LogP contribution in [0, 0.1) is 0 Å². The third-order valence-electron chi connectivity index (χ3n) is 3.23. The first-order valence-electron chi connectivity index (χ1n) is 7.09. The summed E-state index contributed by atoms with van der Waals surface area (Å²) in [6, 6.07) is 5.81. The van der Waals surface area contributed by atoms with Crippen LogP contribution >= 0.6 is 11.6 Å². The zero-order valence-corrected chi connectivity index (χ0v) is 13.1. The summed E-state index contributed by atoms with van der Waals surface area (Å²) in [5.41, 5.74) is 6.97. The normalized spacial score (nSPS) is 12.5. The summed E-state index contributed by atoms with van der Waals surface area (Å²) < 4.78 is 7.66. The molecule has 1 heterocycles. The van der Waals surface area contributed by atoms with Gasteiger partial charge in [-0.1, -0.05) is 6.07 Å². The monoisotopic (exact) mass is 309 g/mol. The number of hydrogen-bond acceptors (Lipinski definition) is 3. The molecule has 1 atom stereocenters. The fourth-order valence-corrected chi connectivity index (χ4v) is 2.53. The standard InChI is InChI=1S/C15H20ClN3O2/c1-3-21-12-7-4-6-11-14(12)18-15(10(2)16)19(11)9-5-8-13(17)20/h4,6-7,10H,3,5,8-9H2,1-2H3,(H2,17,20). The molecular formula is C15H20ClN3O2. The quantitative estimate of drug-likeness (QED) is 0.799. The van der Waals surface area contributed by atoms with Crippen molar-refractivity contribution in [3.05, 3.63) is 24.0 Å². The highest BCUT2D eigenvalue weighted by molar-refractivity contribution is 6.20. The van der Waals surface area contributed by atoms with Gasteiger partial charge in [0.2, 0.25) is 5.91 Å². The van der Waals surface area contributed by atoms with Crippen LogP contribution in [0.25, 0.3) is 11.0 Å². The number of primary amides is 1. The highest BCUT2D eigenvalue weighted by Gasteiger charge is 2.17. The number of para-hydroxylation sites is 1. The number of nitrogens with two attached hydrogens (primary N) is 1. The second-order valence-electron chi connectivity index (χ2n) is 4.86. The van der Waals surface area contributed by atoms with Crippen LogP contribution in [-0.2, 0) is 11.3 Å². The van der Waals surface area contributed by atoms with E-state index in [1.54, 1.807) is 0 Å². The van der Waals surface area contributed by atoms with Crippen LogP contribution in [0.2, 0.25) is 0 Å². The summed E-state index contributed by atoms with van der Waals surface area (Å²) in [7, 11) is 0. The predicted octanol–water partition coefficient (Wildman–Crippen LogP) is 3.00. The molecule has 0 saturated carbocycles. The van der Waals surface area contributed by atoms with E-state index in [1.165, 1.54) is 0 Å². The molecule has 21 heavy (non-hydrogen) atoms. The van der Waals surface area contributed by atoms with Crippen LogP contribution in [0.4, 0.5) is 0 Å². The van der Waals surface area contributed by atoms with Gasteiger partial charge >= 0.3 is 0 Å². The summed E-state index contributed by atoms with van der Waals surface area (Å²) in [4.78, 5) is 15.5. The minimum Gasteiger partial charge on any atom is -0.492 e. The molecule has 0 saturated heterocycles. The zero-order valence-electron chi connectivity index (χ0n) is 12.3. The van der Waals surface area contributed by atoms with Gasteiger partial charge in [0.05, 0.1) is 17.5 Å². The van der Waals surface area contributed by atoms with Gasteiger partial charge in [-0.3, -0.25) is 4.79 Å². The molecular weight excluding hydrogens is 290 g/mol. The van der Waals surface area contributed by atoms with E-state index in [1.807, 2.05) is 36.6 Å². The van der Waals surface area contributed by atoms with Crippen molar-refractivity contribution in [2.75, 3.05) is 6.61 Å². The van der Waals surface area contributed by atoms with Crippen molar-refractivity contribution in [3.8, 4) is 5.75 Å². The summed E-state index contributed by atoms with van der Waals surface area (Å²) in [5.74, 6) is 1.24. The molecule has 114 valence electrons. The number of imidazole rings is 1. The van der Waals surface area contributed by atoms with E-state index in [9.17, 15) is 4.79 Å². The van der Waals surface area contributed by atoms with E-state index in [0.717, 1.165) is 22.6 Å². The van der Waals surface area contributed by atoms with Gasteiger partial charge < -0.3 is 15.0 Å². The predicted molar refractivity (Wildman–Crippen MR) is 83.6 cm³/mol. The van der Waals surface area contributed by atoms with Crippen molar-refractivity contribution in [1.82, 2.24) is 9.55 Å². The topological polar surface area (TPSA) is 70.1 Å². The molecule has 2 aromatic rings. The molecule has 0 radical (unpaired) electrons. The number of aryl methyl sites for hydroxylation is 1. The maximum Gasteiger partial charge on any atom is 0.217 e. The van der Waals surface area contributed by atoms with Crippen molar-refractivity contribution in [3.63, 3.8) is 0 Å². The fraction of sp³-hybridized carbons (Fsp3) is 0.467. The van der Waals surface area contributed by atoms with E-state index in [4.69, 9.17) is 22.1 Å². The third kappa shape index (κ3) is 3.47. The second-order valence-corrected chi connectivity index (χ2v) is 5.52. The lowest BCUT2D eigenvalue weighted by atomic mass is 10.2. The largest absolute Gasteiger partial charge is 0.492 e. The molecule has 2 rings (SSSR count). The molecule has 1 aromatic heterocycles. The van der Waals surface area contributed by atoms with Gasteiger partial charge in [-0.05, 0) is 32.4 Å². The Hall–Kier alpha value is -1.75. The molecule has 6 heteroatoms. The van der Waals surface area contributed by atoms with Crippen LogP contribution in [0.1, 0.15) is 37.9 Å².